The number of benzene rings is 2. The van der Waals surface area contributed by atoms with Crippen molar-refractivity contribution in [2.24, 2.45) is 0 Å². The molecule has 4 nitrogen and oxygen atoms in total. The maximum Gasteiger partial charge on any atom is 1.00 e. The molecule has 1 unspecified atom stereocenters. The first-order chi connectivity index (χ1) is 12.9. The van der Waals surface area contributed by atoms with E-state index < -0.39 is 5.60 Å². The maximum atomic E-state index is 13.0. The van der Waals surface area contributed by atoms with Gasteiger partial charge in [0.05, 0.1) is 17.7 Å². The van der Waals surface area contributed by atoms with Gasteiger partial charge in [0.15, 0.2) is 5.52 Å². The van der Waals surface area contributed by atoms with E-state index in [1.54, 1.807) is 18.2 Å². The fraction of sp³-hybridized carbons (Fsp3) is 0.409. The van der Waals surface area contributed by atoms with Crippen LogP contribution in [0.3, 0.4) is 0 Å². The Labute approximate surface area is 194 Å². The third kappa shape index (κ3) is 7.87. The number of rotatable bonds is 6. The predicted octanol–water partition coefficient (Wildman–Crippen LogP) is 2.96. The number of carbonyl (C=O) groups excluding carboxylic acids is 1. The van der Waals surface area contributed by atoms with Gasteiger partial charge in [-0.3, -0.25) is 4.79 Å². The van der Waals surface area contributed by atoms with Crippen molar-refractivity contribution >= 4 is 31.0 Å². The number of ether oxygens (including phenoxy) is 3. The first kappa shape index (κ1) is 25.9. The van der Waals surface area contributed by atoms with Gasteiger partial charge in [0.2, 0.25) is 0 Å². The van der Waals surface area contributed by atoms with Gasteiger partial charge in [-0.1, -0.05) is 17.7 Å². The van der Waals surface area contributed by atoms with Crippen molar-refractivity contribution in [3.8, 4) is 17.2 Å². The van der Waals surface area contributed by atoms with Gasteiger partial charge in [-0.05, 0) is 74.4 Å². The monoisotopic (exact) mass is 430 g/mol. The third-order valence-electron chi connectivity index (χ3n) is 3.46. The summed E-state index contributed by atoms with van der Waals surface area (Å²) in [5.74, 6) is 1.80. The predicted molar refractivity (Wildman–Crippen MR) is 119 cm³/mol. The van der Waals surface area contributed by atoms with Crippen LogP contribution in [0, 0.1) is 0 Å². The molecule has 0 fully saturated rings. The Morgan fingerprint density at radius 2 is 1.59 bits per heavy atom. The Morgan fingerprint density at radius 1 is 0.966 bits per heavy atom. The first-order valence-corrected chi connectivity index (χ1v) is 10.4. The number of hydrogen-bond donors (Lipinski definition) is 0. The topological polar surface area (TPSA) is 44.8 Å². The molecule has 0 amide bonds. The van der Waals surface area contributed by atoms with Gasteiger partial charge >= 0.3 is 18.9 Å². The minimum atomic E-state index is -0.412. The Hall–Kier alpha value is -1.17. The molecule has 0 aliphatic rings. The molecule has 2 rings (SSSR count). The van der Waals surface area contributed by atoms with Crippen LogP contribution in [-0.4, -0.2) is 23.8 Å². The molecular formula is C22H29ClLiO4P. The van der Waals surface area contributed by atoms with Crippen LogP contribution in [0.25, 0.3) is 0 Å². The summed E-state index contributed by atoms with van der Waals surface area (Å²) in [4.78, 5) is 13.0. The fourth-order valence-electron chi connectivity index (χ4n) is 2.52. The van der Waals surface area contributed by atoms with Crippen LogP contribution in [0.1, 0.15) is 53.3 Å². The van der Waals surface area contributed by atoms with Crippen molar-refractivity contribution in [2.75, 3.05) is 7.11 Å². The van der Waals surface area contributed by atoms with E-state index in [4.69, 9.17) is 25.8 Å². The van der Waals surface area contributed by atoms with E-state index in [9.17, 15) is 4.79 Å². The zero-order valence-electron chi connectivity index (χ0n) is 19.5. The molecule has 0 saturated carbocycles. The van der Waals surface area contributed by atoms with Crippen LogP contribution >= 0.6 is 20.2 Å². The molecule has 2 aromatic carbocycles. The molecule has 1 atom stereocenters. The van der Waals surface area contributed by atoms with E-state index >= 15 is 0 Å². The van der Waals surface area contributed by atoms with E-state index in [-0.39, 0.29) is 40.0 Å². The number of carbonyl (C=O) groups is 1. The van der Waals surface area contributed by atoms with Gasteiger partial charge in [-0.25, -0.2) is 0 Å². The molecule has 0 heterocycles. The fourth-order valence-corrected chi connectivity index (χ4v) is 3.89. The van der Waals surface area contributed by atoms with Gasteiger partial charge in [0, 0.05) is 11.4 Å². The van der Waals surface area contributed by atoms with Gasteiger partial charge in [0.1, 0.15) is 28.5 Å². The second-order valence-corrected chi connectivity index (χ2v) is 10.0. The molecule has 0 aliphatic heterocycles. The Bertz CT molecular complexity index is 863. The van der Waals surface area contributed by atoms with E-state index in [0.29, 0.717) is 27.8 Å². The van der Waals surface area contributed by atoms with Gasteiger partial charge < -0.3 is 15.6 Å². The number of methoxy groups -OCH3 is 1. The quantitative estimate of drug-likeness (QED) is 0.522. The summed E-state index contributed by atoms with van der Waals surface area (Å²) in [6.45, 7) is 11.9. The van der Waals surface area contributed by atoms with Crippen LogP contribution in [0.2, 0.25) is 5.02 Å². The van der Waals surface area contributed by atoms with Crippen molar-refractivity contribution in [2.45, 2.75) is 52.7 Å². The molecule has 0 aliphatic carbocycles. The molecule has 7 heteroatoms. The molecule has 0 N–H and O–H groups in total. The standard InChI is InChI=1S/C22H28ClO4P.Li.H/c1-21(2,3)26-14-11-12-18(17(13-14)27-22(4,5)6)28-20(24)19-15(23)9-8-10-16(19)25-7;;/h8-13,28H,1-7H3;;/q;+1;-1. The molecule has 2 aromatic rings. The molecule has 0 bridgehead atoms. The molecule has 0 aromatic heterocycles. The van der Waals surface area contributed by atoms with Gasteiger partial charge in [-0.2, -0.15) is 0 Å². The summed E-state index contributed by atoms with van der Waals surface area (Å²) >= 11 is 6.27. The van der Waals surface area contributed by atoms with E-state index in [1.165, 1.54) is 7.11 Å². The summed E-state index contributed by atoms with van der Waals surface area (Å²) in [5, 5.41) is 1.17. The van der Waals surface area contributed by atoms with E-state index in [0.717, 1.165) is 5.30 Å². The zero-order chi connectivity index (χ0) is 21.1. The summed E-state index contributed by atoms with van der Waals surface area (Å²) in [6, 6.07) is 10.8. The average molecular weight is 431 g/mol. The van der Waals surface area contributed by atoms with Gasteiger partial charge in [0.25, 0.3) is 0 Å². The van der Waals surface area contributed by atoms with Gasteiger partial charge in [-0.15, -0.1) is 0 Å². The molecule has 29 heavy (non-hydrogen) atoms. The van der Waals surface area contributed by atoms with Crippen molar-refractivity contribution in [1.82, 2.24) is 0 Å². The zero-order valence-corrected chi connectivity index (χ0v) is 20.2. The Balaban J connectivity index is 0.00000420. The summed E-state index contributed by atoms with van der Waals surface area (Å²) in [7, 11) is 1.36. The number of hydrogen-bond acceptors (Lipinski definition) is 4. The van der Waals surface area contributed by atoms with E-state index in [2.05, 4.69) is 0 Å². The number of halogens is 1. The smallest absolute Gasteiger partial charge is 1.00 e. The Morgan fingerprint density at radius 3 is 2.14 bits per heavy atom. The van der Waals surface area contributed by atoms with Crippen molar-refractivity contribution in [3.05, 3.63) is 47.0 Å². The molecule has 0 saturated heterocycles. The van der Waals surface area contributed by atoms with Crippen molar-refractivity contribution in [3.63, 3.8) is 0 Å². The molecule has 154 valence electrons. The van der Waals surface area contributed by atoms with Crippen LogP contribution < -0.4 is 38.4 Å². The van der Waals surface area contributed by atoms with Crippen LogP contribution in [-0.2, 0) is 0 Å². The largest absolute Gasteiger partial charge is 1.00 e. The summed E-state index contributed by atoms with van der Waals surface area (Å²) in [5.41, 5.74) is -0.457. The second kappa shape index (κ2) is 10.2. The third-order valence-corrected chi connectivity index (χ3v) is 4.94. The van der Waals surface area contributed by atoms with Crippen LogP contribution in [0.4, 0.5) is 0 Å². The van der Waals surface area contributed by atoms with Crippen LogP contribution in [0.5, 0.6) is 17.2 Å². The summed E-state index contributed by atoms with van der Waals surface area (Å²) < 4.78 is 17.4. The normalized spacial score (nSPS) is 11.9. The van der Waals surface area contributed by atoms with Crippen molar-refractivity contribution in [1.29, 1.82) is 0 Å². The molecule has 0 spiro atoms. The Kier molecular flexibility index (Phi) is 9.12. The molecular weight excluding hydrogens is 402 g/mol. The second-order valence-electron chi connectivity index (χ2n) is 8.36. The molecule has 0 radical (unpaired) electrons. The van der Waals surface area contributed by atoms with Crippen molar-refractivity contribution < 1.29 is 39.3 Å². The minimum Gasteiger partial charge on any atom is -1.00 e. The van der Waals surface area contributed by atoms with E-state index in [1.807, 2.05) is 59.7 Å². The first-order valence-electron chi connectivity index (χ1n) is 9.05. The minimum absolute atomic E-state index is 0. The van der Waals surface area contributed by atoms with Crippen LogP contribution in [0.15, 0.2) is 36.4 Å². The maximum absolute atomic E-state index is 13.0. The average Bonchev–Trinajstić information content (AvgIpc) is 2.53. The summed E-state index contributed by atoms with van der Waals surface area (Å²) in [6.07, 6.45) is 0. The SMILES string of the molecule is COc1cccc(Cl)c1C(=O)Pc1ccc(OC(C)(C)C)cc1OC(C)(C)C.[H-].[Li+].